The lowest BCUT2D eigenvalue weighted by molar-refractivity contribution is -0.117. The zero-order valence-electron chi connectivity index (χ0n) is 20.1. The van der Waals surface area contributed by atoms with Crippen molar-refractivity contribution < 1.29 is 14.3 Å². The molecule has 1 aliphatic carbocycles. The average molecular weight is 597 g/mol. The van der Waals surface area contributed by atoms with Crippen molar-refractivity contribution in [1.29, 1.82) is 0 Å². The molecule has 192 valence electrons. The Morgan fingerprint density at radius 3 is 2.72 bits per heavy atom. The molecule has 1 aromatic carbocycles. The third-order valence-electron chi connectivity index (χ3n) is 6.33. The van der Waals surface area contributed by atoms with Gasteiger partial charge in [-0.2, -0.15) is 0 Å². The highest BCUT2D eigenvalue weighted by Gasteiger charge is 2.21. The van der Waals surface area contributed by atoms with Crippen LogP contribution in [0.15, 0.2) is 35.1 Å². The number of benzene rings is 1. The standard InChI is InChI=1S/C25H28BrCl2N5O3/c1-15-23(26)33-12-6-9-20(24(33)30-15)36-14-17-18(27)10-11-19(22(17)28)32(2)21(34)13-29-25(35)31-16-7-4-3-5-8-16/h6,9-12,16H,3-5,7-8,13-14H2,1-2H3,(H2,29,31,35). The molecule has 0 saturated heterocycles. The number of pyridine rings is 1. The molecule has 0 atom stereocenters. The van der Waals surface area contributed by atoms with Crippen molar-refractivity contribution in [3.8, 4) is 5.75 Å². The number of likely N-dealkylation sites (N-methyl/N-ethyl adjacent to an activating group) is 1. The van der Waals surface area contributed by atoms with Crippen molar-refractivity contribution >= 4 is 62.4 Å². The van der Waals surface area contributed by atoms with E-state index in [4.69, 9.17) is 27.9 Å². The van der Waals surface area contributed by atoms with Crippen LogP contribution in [0, 0.1) is 6.92 Å². The number of rotatable bonds is 7. The van der Waals surface area contributed by atoms with Gasteiger partial charge in [-0.3, -0.25) is 9.20 Å². The summed E-state index contributed by atoms with van der Waals surface area (Å²) in [5.74, 6) is 0.258. The molecule has 3 amide bonds. The number of urea groups is 1. The van der Waals surface area contributed by atoms with Crippen molar-refractivity contribution in [3.63, 3.8) is 0 Å². The molecule has 4 rings (SSSR count). The monoisotopic (exact) mass is 595 g/mol. The van der Waals surface area contributed by atoms with Gasteiger partial charge in [0.2, 0.25) is 5.91 Å². The van der Waals surface area contributed by atoms with Crippen LogP contribution in [0.5, 0.6) is 5.75 Å². The molecule has 0 bridgehead atoms. The molecular formula is C25H28BrCl2N5O3. The number of nitrogens with zero attached hydrogens (tertiary/aromatic N) is 3. The number of carbonyl (C=O) groups excluding carboxylic acids is 2. The number of fused-ring (bicyclic) bond motifs is 1. The summed E-state index contributed by atoms with van der Waals surface area (Å²) in [4.78, 5) is 31.0. The van der Waals surface area contributed by atoms with Gasteiger partial charge >= 0.3 is 6.03 Å². The van der Waals surface area contributed by atoms with Gasteiger partial charge in [-0.25, -0.2) is 9.78 Å². The van der Waals surface area contributed by atoms with E-state index in [0.29, 0.717) is 32.7 Å². The maximum absolute atomic E-state index is 12.8. The third kappa shape index (κ3) is 5.90. The Bertz CT molecular complexity index is 1280. The summed E-state index contributed by atoms with van der Waals surface area (Å²) in [6, 6.07) is 6.85. The average Bonchev–Trinajstić information content (AvgIpc) is 3.16. The number of anilines is 1. The Hall–Kier alpha value is -2.49. The molecule has 0 unspecified atom stereocenters. The van der Waals surface area contributed by atoms with Crippen LogP contribution < -0.4 is 20.3 Å². The minimum Gasteiger partial charge on any atom is -0.485 e. The number of hydrogen-bond donors (Lipinski definition) is 2. The molecule has 2 heterocycles. The number of aryl methyl sites for hydroxylation is 1. The number of imidazole rings is 1. The van der Waals surface area contributed by atoms with Crippen LogP contribution in [-0.2, 0) is 11.4 Å². The fourth-order valence-corrected chi connectivity index (χ4v) is 5.24. The number of aromatic nitrogens is 2. The van der Waals surface area contributed by atoms with E-state index in [2.05, 4.69) is 31.5 Å². The van der Waals surface area contributed by atoms with Crippen molar-refractivity contribution in [3.05, 3.63) is 56.4 Å². The van der Waals surface area contributed by atoms with Crippen molar-refractivity contribution in [2.75, 3.05) is 18.5 Å². The van der Waals surface area contributed by atoms with Gasteiger partial charge in [0.1, 0.15) is 11.2 Å². The van der Waals surface area contributed by atoms with Crippen LogP contribution in [-0.4, -0.2) is 41.0 Å². The van der Waals surface area contributed by atoms with E-state index in [1.165, 1.54) is 11.3 Å². The Balaban J connectivity index is 1.42. The van der Waals surface area contributed by atoms with Crippen molar-refractivity contribution in [2.24, 2.45) is 0 Å². The first-order valence-electron chi connectivity index (χ1n) is 11.8. The molecule has 0 spiro atoms. The lowest BCUT2D eigenvalue weighted by Crippen LogP contribution is -2.46. The lowest BCUT2D eigenvalue weighted by atomic mass is 9.96. The van der Waals surface area contributed by atoms with Gasteiger partial charge in [0.15, 0.2) is 11.4 Å². The normalized spacial score (nSPS) is 14.0. The zero-order chi connectivity index (χ0) is 25.8. The molecule has 1 fully saturated rings. The van der Waals surface area contributed by atoms with Crippen molar-refractivity contribution in [1.82, 2.24) is 20.0 Å². The summed E-state index contributed by atoms with van der Waals surface area (Å²) < 4.78 is 8.77. The van der Waals surface area contributed by atoms with Gasteiger partial charge in [-0.15, -0.1) is 0 Å². The summed E-state index contributed by atoms with van der Waals surface area (Å²) >= 11 is 16.6. The van der Waals surface area contributed by atoms with Crippen LogP contribution in [0.3, 0.4) is 0 Å². The van der Waals surface area contributed by atoms with Crippen LogP contribution in [0.1, 0.15) is 43.4 Å². The SMILES string of the molecule is Cc1nc2c(OCc3c(Cl)ccc(N(C)C(=O)CNC(=O)NC4CCCCC4)c3Cl)cccn2c1Br. The molecule has 2 N–H and O–H groups in total. The van der Waals surface area contributed by atoms with Crippen molar-refractivity contribution in [2.45, 2.75) is 51.7 Å². The number of nitrogens with one attached hydrogen (secondary N) is 2. The second-order valence-corrected chi connectivity index (χ2v) is 10.4. The van der Waals surface area contributed by atoms with E-state index in [-0.39, 0.29) is 31.1 Å². The summed E-state index contributed by atoms with van der Waals surface area (Å²) in [7, 11) is 1.61. The number of ether oxygens (including phenoxy) is 1. The second kappa shape index (κ2) is 11.7. The highest BCUT2D eigenvalue weighted by Crippen LogP contribution is 2.35. The second-order valence-electron chi connectivity index (χ2n) is 8.82. The predicted molar refractivity (Wildman–Crippen MR) is 145 cm³/mol. The first-order chi connectivity index (χ1) is 17.3. The number of carbonyl (C=O) groups is 2. The largest absolute Gasteiger partial charge is 0.485 e. The molecular weight excluding hydrogens is 569 g/mol. The minimum absolute atomic E-state index is 0.0821. The Morgan fingerprint density at radius 1 is 1.22 bits per heavy atom. The summed E-state index contributed by atoms with van der Waals surface area (Å²) in [5.41, 5.74) is 2.51. The maximum atomic E-state index is 12.8. The molecule has 8 nitrogen and oxygen atoms in total. The molecule has 0 aliphatic heterocycles. The minimum atomic E-state index is -0.338. The van der Waals surface area contributed by atoms with Gasteiger partial charge in [0.25, 0.3) is 0 Å². The Kier molecular flexibility index (Phi) is 8.64. The number of halogens is 3. The first-order valence-corrected chi connectivity index (χ1v) is 13.3. The van der Waals surface area contributed by atoms with Gasteiger partial charge in [0, 0.05) is 29.9 Å². The molecule has 1 saturated carbocycles. The molecule has 11 heteroatoms. The van der Waals surface area contributed by atoms with Crippen LogP contribution in [0.25, 0.3) is 5.65 Å². The molecule has 2 aromatic heterocycles. The van der Waals surface area contributed by atoms with Crippen LogP contribution in [0.2, 0.25) is 10.0 Å². The van der Waals surface area contributed by atoms with Crippen LogP contribution in [0.4, 0.5) is 10.5 Å². The quantitative estimate of drug-likeness (QED) is 0.356. The number of hydrogen-bond acceptors (Lipinski definition) is 4. The van der Waals surface area contributed by atoms with E-state index in [9.17, 15) is 9.59 Å². The number of amides is 3. The maximum Gasteiger partial charge on any atom is 0.315 e. The molecule has 0 radical (unpaired) electrons. The van der Waals surface area contributed by atoms with Gasteiger partial charge < -0.3 is 20.3 Å². The zero-order valence-corrected chi connectivity index (χ0v) is 23.2. The summed E-state index contributed by atoms with van der Waals surface area (Å²) in [6.07, 6.45) is 7.26. The van der Waals surface area contributed by atoms with E-state index >= 15 is 0 Å². The Labute approximate surface area is 228 Å². The van der Waals surface area contributed by atoms with E-state index in [1.54, 1.807) is 19.2 Å². The van der Waals surface area contributed by atoms with E-state index in [0.717, 1.165) is 36.0 Å². The fraction of sp³-hybridized carbons (Fsp3) is 0.400. The molecule has 36 heavy (non-hydrogen) atoms. The first kappa shape index (κ1) is 26.6. The smallest absolute Gasteiger partial charge is 0.315 e. The van der Waals surface area contributed by atoms with Gasteiger partial charge in [0.05, 0.1) is 22.9 Å². The summed E-state index contributed by atoms with van der Waals surface area (Å²) in [5, 5.41) is 6.31. The Morgan fingerprint density at radius 2 is 1.97 bits per heavy atom. The highest BCUT2D eigenvalue weighted by molar-refractivity contribution is 9.10. The van der Waals surface area contributed by atoms with E-state index < -0.39 is 0 Å². The summed E-state index contributed by atoms with van der Waals surface area (Å²) in [6.45, 7) is 1.83. The van der Waals surface area contributed by atoms with Gasteiger partial charge in [-0.1, -0.05) is 42.5 Å². The topological polar surface area (TPSA) is 88.0 Å². The predicted octanol–water partition coefficient (Wildman–Crippen LogP) is 5.89. The van der Waals surface area contributed by atoms with E-state index in [1.807, 2.05) is 29.7 Å². The van der Waals surface area contributed by atoms with Crippen LogP contribution >= 0.6 is 39.1 Å². The molecule has 1 aliphatic rings. The molecule has 3 aromatic rings. The highest BCUT2D eigenvalue weighted by atomic mass is 79.9. The fourth-order valence-electron chi connectivity index (χ4n) is 4.26. The third-order valence-corrected chi connectivity index (χ3v) is 8.06. The van der Waals surface area contributed by atoms with Gasteiger partial charge in [-0.05, 0) is 60.0 Å². The lowest BCUT2D eigenvalue weighted by Gasteiger charge is -2.24.